The number of fused-ring (bicyclic) bond motifs is 4. The zero-order valence-corrected chi connectivity index (χ0v) is 16.1. The summed E-state index contributed by atoms with van der Waals surface area (Å²) < 4.78 is 23.5. The molecule has 0 saturated heterocycles. The van der Waals surface area contributed by atoms with Gasteiger partial charge in [0.15, 0.2) is 5.75 Å². The first-order valence-corrected chi connectivity index (χ1v) is 9.43. The second-order valence-electron chi connectivity index (χ2n) is 6.39. The Morgan fingerprint density at radius 3 is 2.89 bits per heavy atom. The predicted octanol–water partition coefficient (Wildman–Crippen LogP) is 4.41. The van der Waals surface area contributed by atoms with E-state index in [1.165, 1.54) is 6.07 Å². The predicted molar refractivity (Wildman–Crippen MR) is 104 cm³/mol. The van der Waals surface area contributed by atoms with E-state index in [0.717, 1.165) is 22.3 Å². The van der Waals surface area contributed by atoms with Crippen LogP contribution in [0.5, 0.6) is 5.75 Å². The number of aromatic nitrogens is 4. The van der Waals surface area contributed by atoms with Crippen molar-refractivity contribution < 1.29 is 9.13 Å². The number of nitrogens with zero attached hydrogens (tertiary/aromatic N) is 5. The van der Waals surface area contributed by atoms with E-state index in [9.17, 15) is 4.39 Å². The van der Waals surface area contributed by atoms with Gasteiger partial charge in [-0.25, -0.2) is 4.39 Å². The van der Waals surface area contributed by atoms with Crippen LogP contribution >= 0.6 is 15.9 Å². The molecule has 3 heterocycles. The lowest BCUT2D eigenvalue weighted by Gasteiger charge is -2.25. The van der Waals surface area contributed by atoms with E-state index in [2.05, 4.69) is 31.1 Å². The number of benzene rings is 2. The van der Waals surface area contributed by atoms with E-state index in [0.29, 0.717) is 41.5 Å². The number of aryl methyl sites for hydroxylation is 1. The Bertz CT molecular complexity index is 1190. The fraction of sp³-hybridized carbons (Fsp3) is 0.211. The summed E-state index contributed by atoms with van der Waals surface area (Å²) in [5, 5.41) is 8.72. The maximum atomic E-state index is 15.0. The van der Waals surface area contributed by atoms with Crippen molar-refractivity contribution in [1.29, 1.82) is 0 Å². The molecular formula is C19H15BrFN5O. The first kappa shape index (κ1) is 16.4. The highest BCUT2D eigenvalue weighted by Gasteiger charge is 2.25. The van der Waals surface area contributed by atoms with Gasteiger partial charge in [0.25, 0.3) is 5.78 Å². The van der Waals surface area contributed by atoms with Gasteiger partial charge in [0, 0.05) is 6.54 Å². The second-order valence-corrected chi connectivity index (χ2v) is 7.25. The smallest absolute Gasteiger partial charge is 0.257 e. The fourth-order valence-electron chi connectivity index (χ4n) is 3.56. The molecule has 0 bridgehead atoms. The van der Waals surface area contributed by atoms with Crippen LogP contribution in [0.25, 0.3) is 16.7 Å². The largest absolute Gasteiger partial charge is 0.490 e. The third-order valence-electron chi connectivity index (χ3n) is 4.73. The highest BCUT2D eigenvalue weighted by molar-refractivity contribution is 9.10. The molecule has 0 atom stereocenters. The van der Waals surface area contributed by atoms with Gasteiger partial charge in [0.2, 0.25) is 0 Å². The number of para-hydroxylation sites is 1. The molecule has 27 heavy (non-hydrogen) atoms. The number of hydrogen-bond acceptors (Lipinski definition) is 5. The maximum Gasteiger partial charge on any atom is 0.257 e. The van der Waals surface area contributed by atoms with Crippen LogP contribution in [0.3, 0.4) is 0 Å². The van der Waals surface area contributed by atoms with Gasteiger partial charge in [-0.2, -0.15) is 4.98 Å². The lowest BCUT2D eigenvalue weighted by molar-refractivity contribution is 0.321. The van der Waals surface area contributed by atoms with Crippen LogP contribution < -0.4 is 9.64 Å². The van der Waals surface area contributed by atoms with Gasteiger partial charge in [-0.1, -0.05) is 12.1 Å². The third-order valence-corrected chi connectivity index (χ3v) is 5.36. The van der Waals surface area contributed by atoms with Crippen LogP contribution in [0.2, 0.25) is 0 Å². The Balaban J connectivity index is 1.87. The summed E-state index contributed by atoms with van der Waals surface area (Å²) in [5.41, 5.74) is 1.54. The quantitative estimate of drug-likeness (QED) is 0.450. The van der Waals surface area contributed by atoms with E-state index in [1.54, 1.807) is 10.5 Å². The standard InChI is InChI=1S/C19H15BrFN5O/c1-11-23-24-19-22-18(16-13(21)6-3-7-14(16)26(11)19)25-9-4-10-27-17-12(20)5-2-8-15(17)25/h2-3,5-8H,4,9-10H2,1H3. The molecule has 2 aromatic heterocycles. The molecule has 4 aromatic rings. The zero-order chi connectivity index (χ0) is 18.5. The number of hydrogen-bond donors (Lipinski definition) is 0. The fourth-order valence-corrected chi connectivity index (χ4v) is 4.03. The van der Waals surface area contributed by atoms with E-state index in [4.69, 9.17) is 4.74 Å². The maximum absolute atomic E-state index is 15.0. The van der Waals surface area contributed by atoms with Gasteiger partial charge >= 0.3 is 0 Å². The van der Waals surface area contributed by atoms with E-state index in [-0.39, 0.29) is 5.82 Å². The molecule has 0 saturated carbocycles. The van der Waals surface area contributed by atoms with Gasteiger partial charge in [-0.3, -0.25) is 4.40 Å². The van der Waals surface area contributed by atoms with Crippen LogP contribution in [0, 0.1) is 12.7 Å². The minimum atomic E-state index is -0.327. The Labute approximate surface area is 162 Å². The van der Waals surface area contributed by atoms with Gasteiger partial charge in [-0.05, 0) is 53.5 Å². The molecule has 0 radical (unpaired) electrons. The summed E-state index contributed by atoms with van der Waals surface area (Å²) in [4.78, 5) is 6.69. The minimum absolute atomic E-state index is 0.327. The van der Waals surface area contributed by atoms with Crippen LogP contribution in [0.1, 0.15) is 12.2 Å². The Morgan fingerprint density at radius 1 is 1.15 bits per heavy atom. The molecule has 6 nitrogen and oxygen atoms in total. The zero-order valence-electron chi connectivity index (χ0n) is 14.5. The summed E-state index contributed by atoms with van der Waals surface area (Å²) in [7, 11) is 0. The normalized spacial score (nSPS) is 14.3. The minimum Gasteiger partial charge on any atom is -0.490 e. The molecule has 0 spiro atoms. The van der Waals surface area contributed by atoms with Crippen molar-refractivity contribution in [2.24, 2.45) is 0 Å². The summed E-state index contributed by atoms with van der Waals surface area (Å²) in [5.74, 6) is 2.04. The average molecular weight is 428 g/mol. The summed E-state index contributed by atoms with van der Waals surface area (Å²) in [6.07, 6.45) is 0.787. The number of anilines is 2. The van der Waals surface area contributed by atoms with E-state index >= 15 is 0 Å². The van der Waals surface area contributed by atoms with E-state index in [1.807, 2.05) is 36.1 Å². The first-order valence-electron chi connectivity index (χ1n) is 8.64. The van der Waals surface area contributed by atoms with Crippen LogP contribution in [-0.4, -0.2) is 32.7 Å². The highest BCUT2D eigenvalue weighted by Crippen LogP contribution is 2.42. The molecule has 0 fully saturated rings. The van der Waals surface area contributed by atoms with Gasteiger partial charge in [0.05, 0.1) is 27.7 Å². The van der Waals surface area contributed by atoms with Gasteiger partial charge < -0.3 is 9.64 Å². The summed E-state index contributed by atoms with van der Waals surface area (Å²) in [6, 6.07) is 10.8. The SMILES string of the molecule is Cc1nnc2nc(N3CCCOc4c(Br)cccc43)c3c(F)cccc3n12. The molecule has 1 aliphatic heterocycles. The molecule has 8 heteroatoms. The molecular weight excluding hydrogens is 413 g/mol. The van der Waals surface area contributed by atoms with Gasteiger partial charge in [-0.15, -0.1) is 10.2 Å². The van der Waals surface area contributed by atoms with Crippen molar-refractivity contribution in [2.45, 2.75) is 13.3 Å². The molecule has 0 aliphatic carbocycles. The molecule has 0 unspecified atom stereocenters. The third kappa shape index (κ3) is 2.47. The van der Waals surface area contributed by atoms with Crippen molar-refractivity contribution in [2.75, 3.05) is 18.1 Å². The highest BCUT2D eigenvalue weighted by atomic mass is 79.9. The number of ether oxygens (including phenoxy) is 1. The molecule has 5 rings (SSSR count). The molecule has 136 valence electrons. The number of halogens is 2. The lowest BCUT2D eigenvalue weighted by Crippen LogP contribution is -2.20. The van der Waals surface area contributed by atoms with Crippen molar-refractivity contribution in [3.8, 4) is 5.75 Å². The Morgan fingerprint density at radius 2 is 2.00 bits per heavy atom. The van der Waals surface area contributed by atoms with E-state index < -0.39 is 0 Å². The monoisotopic (exact) mass is 427 g/mol. The van der Waals surface area contributed by atoms with Crippen molar-refractivity contribution in [3.05, 3.63) is 52.5 Å². The molecule has 2 aromatic carbocycles. The molecule has 1 aliphatic rings. The topological polar surface area (TPSA) is 55.5 Å². The van der Waals surface area contributed by atoms with Crippen molar-refractivity contribution in [1.82, 2.24) is 19.6 Å². The number of rotatable bonds is 1. The van der Waals surface area contributed by atoms with Crippen LogP contribution in [0.4, 0.5) is 15.9 Å². The van der Waals surface area contributed by atoms with Crippen molar-refractivity contribution in [3.63, 3.8) is 0 Å². The second kappa shape index (κ2) is 6.16. The lowest BCUT2D eigenvalue weighted by atomic mass is 10.2. The summed E-state index contributed by atoms with van der Waals surface area (Å²) in [6.45, 7) is 3.07. The average Bonchev–Trinajstić information content (AvgIpc) is 2.90. The van der Waals surface area contributed by atoms with Crippen LogP contribution in [-0.2, 0) is 0 Å². The summed E-state index contributed by atoms with van der Waals surface area (Å²) >= 11 is 3.55. The molecule has 0 N–H and O–H groups in total. The van der Waals surface area contributed by atoms with Gasteiger partial charge in [0.1, 0.15) is 17.5 Å². The van der Waals surface area contributed by atoms with Crippen molar-refractivity contribution >= 4 is 44.1 Å². The molecule has 0 amide bonds. The first-order chi connectivity index (χ1) is 13.1. The Hall–Kier alpha value is -2.74. The Kier molecular flexibility index (Phi) is 3.75. The van der Waals surface area contributed by atoms with Crippen LogP contribution in [0.15, 0.2) is 40.9 Å².